The van der Waals surface area contributed by atoms with E-state index in [1.54, 1.807) is 18.7 Å². The Labute approximate surface area is 377 Å². The summed E-state index contributed by atoms with van der Waals surface area (Å²) in [5, 5.41) is 0.962. The smallest absolute Gasteiger partial charge is 0.308 e. The van der Waals surface area contributed by atoms with Crippen molar-refractivity contribution >= 4 is 34.6 Å². The predicted molar refractivity (Wildman–Crippen MR) is 252 cm³/mol. The highest BCUT2D eigenvalue weighted by molar-refractivity contribution is 8.14. The summed E-state index contributed by atoms with van der Waals surface area (Å²) < 4.78 is 18.0. The third-order valence-electron chi connectivity index (χ3n) is 17.9. The maximum Gasteiger partial charge on any atom is 0.308 e. The van der Waals surface area contributed by atoms with Crippen LogP contribution in [0.25, 0.3) is 0 Å². The van der Waals surface area contributed by atoms with Gasteiger partial charge in [-0.25, -0.2) is 0 Å². The van der Waals surface area contributed by atoms with Crippen LogP contribution in [0, 0.1) is 47.3 Å². The molecule has 2 aromatic carbocycles. The van der Waals surface area contributed by atoms with Gasteiger partial charge in [-0.15, -0.1) is 0 Å². The number of ether oxygens (including phenoxy) is 3. The van der Waals surface area contributed by atoms with Gasteiger partial charge in [0.15, 0.2) is 5.12 Å². The summed E-state index contributed by atoms with van der Waals surface area (Å²) in [6, 6.07) is 13.9. The Kier molecular flexibility index (Phi) is 14.3. The van der Waals surface area contributed by atoms with Crippen LogP contribution in [-0.2, 0) is 19.7 Å². The van der Waals surface area contributed by atoms with E-state index in [9.17, 15) is 9.59 Å². The van der Waals surface area contributed by atoms with Crippen molar-refractivity contribution in [3.05, 3.63) is 58.7 Å². The number of methoxy groups -OCH3 is 1. The van der Waals surface area contributed by atoms with Crippen LogP contribution in [0.5, 0.6) is 11.5 Å². The van der Waals surface area contributed by atoms with Gasteiger partial charge in [-0.2, -0.15) is 11.8 Å². The van der Waals surface area contributed by atoms with E-state index in [-0.39, 0.29) is 11.4 Å². The van der Waals surface area contributed by atoms with Crippen LogP contribution in [0.2, 0.25) is 0 Å². The van der Waals surface area contributed by atoms with Gasteiger partial charge in [0.25, 0.3) is 0 Å². The van der Waals surface area contributed by atoms with Crippen molar-refractivity contribution in [2.45, 2.75) is 177 Å². The van der Waals surface area contributed by atoms with Gasteiger partial charge in [0, 0.05) is 31.1 Å². The minimum Gasteiger partial charge on any atom is -0.496 e. The maximum atomic E-state index is 11.9. The molecule has 0 spiro atoms. The second-order valence-corrected chi connectivity index (χ2v) is 23.5. The Morgan fingerprint density at radius 2 is 1.26 bits per heavy atom. The molecular weight excluding hydrogens is 793 g/mol. The molecule has 0 radical (unpaired) electrons. The molecule has 7 heteroatoms. The number of hydrogen-bond donors (Lipinski definition) is 0. The number of benzene rings is 2. The number of hydrogen-bond acceptors (Lipinski definition) is 7. The second-order valence-electron chi connectivity index (χ2n) is 21.0. The molecule has 0 saturated heterocycles. The van der Waals surface area contributed by atoms with Gasteiger partial charge in [0.1, 0.15) is 11.5 Å². The van der Waals surface area contributed by atoms with Gasteiger partial charge in [-0.1, -0.05) is 93.8 Å². The lowest BCUT2D eigenvalue weighted by Crippen LogP contribution is -2.41. The molecule has 0 aromatic heterocycles. The highest BCUT2D eigenvalue weighted by Crippen LogP contribution is 2.73. The molecule has 0 amide bonds. The van der Waals surface area contributed by atoms with E-state index < -0.39 is 0 Å². The summed E-state index contributed by atoms with van der Waals surface area (Å²) in [7, 11) is 1.82. The van der Waals surface area contributed by atoms with Gasteiger partial charge < -0.3 is 14.2 Å². The molecule has 5 nitrogen and oxygen atoms in total. The Hall–Kier alpha value is -1.96. The summed E-state index contributed by atoms with van der Waals surface area (Å²) in [5.74, 6) is 11.7. The van der Waals surface area contributed by atoms with Crippen molar-refractivity contribution in [2.24, 2.45) is 47.3 Å². The first-order valence-corrected chi connectivity index (χ1v) is 27.3. The Balaban J connectivity index is 0.000000166. The minimum absolute atomic E-state index is 0.0199. The van der Waals surface area contributed by atoms with E-state index >= 15 is 0 Å². The van der Waals surface area contributed by atoms with E-state index in [0.717, 1.165) is 65.4 Å². The SMILES string of the molecule is COc1ccc(C2(c3ccc(OC(C)=O)c(C4CCCCC4)c3)CCCCC2)cc1C1CCCCC1.CSCCCOC1CC2CC1C1C3CC(C4CC(SC(C)=O)CC43)C21. The molecule has 0 N–H and O–H groups in total. The lowest BCUT2D eigenvalue weighted by Gasteiger charge is -2.43. The zero-order valence-corrected chi connectivity index (χ0v) is 39.6. The van der Waals surface area contributed by atoms with Crippen molar-refractivity contribution in [3.8, 4) is 11.5 Å². The Bertz CT molecular complexity index is 1820. The van der Waals surface area contributed by atoms with Crippen LogP contribution in [0.3, 0.4) is 0 Å². The molecule has 8 saturated carbocycles. The zero-order chi connectivity index (χ0) is 42.1. The van der Waals surface area contributed by atoms with Gasteiger partial charge in [0.2, 0.25) is 0 Å². The number of rotatable bonds is 12. The first-order valence-electron chi connectivity index (χ1n) is 25.1. The summed E-state index contributed by atoms with van der Waals surface area (Å²) in [5.41, 5.74) is 5.57. The van der Waals surface area contributed by atoms with E-state index in [2.05, 4.69) is 42.7 Å². The van der Waals surface area contributed by atoms with Crippen LogP contribution in [0.1, 0.15) is 183 Å². The summed E-state index contributed by atoms with van der Waals surface area (Å²) >= 11 is 3.58. The number of carbonyl (C=O) groups is 2. The van der Waals surface area contributed by atoms with Gasteiger partial charge in [0.05, 0.1) is 13.2 Å². The quantitative estimate of drug-likeness (QED) is 0.0911. The first-order chi connectivity index (χ1) is 29.8. The normalized spacial score (nSPS) is 33.8. The molecule has 334 valence electrons. The topological polar surface area (TPSA) is 61.8 Å². The highest BCUT2D eigenvalue weighted by atomic mass is 32.2. The minimum atomic E-state index is -0.223. The molecule has 8 aliphatic carbocycles. The molecule has 8 fully saturated rings. The third-order valence-corrected chi connectivity index (χ3v) is 19.6. The van der Waals surface area contributed by atoms with Gasteiger partial charge in [-0.05, 0) is 183 Å². The number of esters is 1. The zero-order valence-electron chi connectivity index (χ0n) is 38.0. The second kappa shape index (κ2) is 19.6. The number of carbonyl (C=O) groups excluding carboxylic acids is 2. The van der Waals surface area contributed by atoms with Crippen LogP contribution >= 0.6 is 23.5 Å². The molecule has 2 aromatic rings. The number of fused-ring (bicyclic) bond motifs is 12. The van der Waals surface area contributed by atoms with Crippen molar-refractivity contribution in [1.82, 2.24) is 0 Å². The van der Waals surface area contributed by atoms with Crippen LogP contribution in [0.4, 0.5) is 0 Å². The monoisotopic (exact) mass is 869 g/mol. The molecule has 10 atom stereocenters. The van der Waals surface area contributed by atoms with Gasteiger partial charge >= 0.3 is 5.97 Å². The van der Waals surface area contributed by atoms with E-state index in [0.29, 0.717) is 28.3 Å². The highest BCUT2D eigenvalue weighted by Gasteiger charge is 2.68. The van der Waals surface area contributed by atoms with E-state index in [1.807, 2.05) is 18.9 Å². The molecular formula is C54H76O5S2. The molecule has 10 unspecified atom stereocenters. The van der Waals surface area contributed by atoms with Crippen molar-refractivity contribution in [1.29, 1.82) is 0 Å². The fourth-order valence-corrected chi connectivity index (χ4v) is 17.2. The standard InChI is InChI=1S/C33H44O3.C21H32O2S2/c1-24(34)36-32-19-17-28(23-30(32)26-14-8-4-9-15-26)33(20-10-5-11-21-33)27-16-18-31(35-2)29(22-27)25-12-6-3-7-13-25;1-11(22)25-13-8-14-15(9-13)17-10-16(14)20-12-6-18(21(17)20)19(7-12)23-4-3-5-24-2/h16-19,22-23,25-26H,3-15,20-21H2,1-2H3;12-21H,3-10H2,1-2H3. The molecule has 4 bridgehead atoms. The molecule has 0 aliphatic heterocycles. The maximum absolute atomic E-state index is 11.9. The van der Waals surface area contributed by atoms with E-state index in [4.69, 9.17) is 14.2 Å². The first kappa shape index (κ1) is 44.3. The lowest BCUT2D eigenvalue weighted by molar-refractivity contribution is -0.132. The fraction of sp³-hybridized carbons (Fsp3) is 0.741. The van der Waals surface area contributed by atoms with E-state index in [1.165, 1.54) is 170 Å². The van der Waals surface area contributed by atoms with Gasteiger partial charge in [-0.3, -0.25) is 9.59 Å². The summed E-state index contributed by atoms with van der Waals surface area (Å²) in [6.45, 7) is 4.25. The van der Waals surface area contributed by atoms with Crippen LogP contribution < -0.4 is 9.47 Å². The molecule has 61 heavy (non-hydrogen) atoms. The lowest BCUT2D eigenvalue weighted by atomic mass is 9.64. The average molecular weight is 869 g/mol. The average Bonchev–Trinajstić information content (AvgIpc) is 4.12. The van der Waals surface area contributed by atoms with Crippen LogP contribution in [-0.4, -0.2) is 48.2 Å². The summed E-state index contributed by atoms with van der Waals surface area (Å²) in [4.78, 5) is 23.5. The molecule has 0 heterocycles. The Morgan fingerprint density at radius 3 is 1.85 bits per heavy atom. The van der Waals surface area contributed by atoms with Crippen molar-refractivity contribution < 1.29 is 23.8 Å². The fourth-order valence-electron chi connectivity index (χ4n) is 15.7. The Morgan fingerprint density at radius 1 is 0.672 bits per heavy atom. The molecule has 8 aliphatic rings. The van der Waals surface area contributed by atoms with Crippen molar-refractivity contribution in [3.63, 3.8) is 0 Å². The molecule has 10 rings (SSSR count). The third kappa shape index (κ3) is 9.03. The van der Waals surface area contributed by atoms with Crippen molar-refractivity contribution in [2.75, 3.05) is 25.7 Å². The number of thioether (sulfide) groups is 2. The largest absolute Gasteiger partial charge is 0.496 e. The van der Waals surface area contributed by atoms with Crippen LogP contribution in [0.15, 0.2) is 36.4 Å². The predicted octanol–water partition coefficient (Wildman–Crippen LogP) is 13.7. The summed E-state index contributed by atoms with van der Waals surface area (Å²) in [6.07, 6.45) is 30.0.